The molecule has 2 aromatic rings. The molecule has 2 aliphatic carbocycles. The summed E-state index contributed by atoms with van der Waals surface area (Å²) in [4.78, 5) is 29.3. The van der Waals surface area contributed by atoms with Gasteiger partial charge in [-0.05, 0) is 55.0 Å². The van der Waals surface area contributed by atoms with E-state index in [9.17, 15) is 9.59 Å². The summed E-state index contributed by atoms with van der Waals surface area (Å²) in [5.41, 5.74) is 1.35. The maximum atomic E-state index is 12.7. The van der Waals surface area contributed by atoms with Crippen LogP contribution < -0.4 is 10.1 Å². The van der Waals surface area contributed by atoms with Crippen LogP contribution in [0.1, 0.15) is 35.2 Å². The first kappa shape index (κ1) is 16.5. The second kappa shape index (κ2) is 6.19. The van der Waals surface area contributed by atoms with Crippen LogP contribution in [0.2, 0.25) is 0 Å². The number of para-hydroxylation sites is 1. The molecule has 27 heavy (non-hydrogen) atoms. The van der Waals surface area contributed by atoms with E-state index in [4.69, 9.17) is 4.74 Å². The summed E-state index contributed by atoms with van der Waals surface area (Å²) in [5.74, 6) is 1.42. The van der Waals surface area contributed by atoms with E-state index in [1.54, 1.807) is 12.4 Å². The number of carbonyl (C=O) groups excluding carboxylic acids is 2. The van der Waals surface area contributed by atoms with Crippen LogP contribution in [-0.4, -0.2) is 28.8 Å². The van der Waals surface area contributed by atoms with Crippen molar-refractivity contribution in [2.24, 2.45) is 17.8 Å². The number of nitrogens with zero attached hydrogens (tertiary/aromatic N) is 1. The highest BCUT2D eigenvalue weighted by Crippen LogP contribution is 2.65. The summed E-state index contributed by atoms with van der Waals surface area (Å²) in [6, 6.07) is 11.4. The summed E-state index contributed by atoms with van der Waals surface area (Å²) in [6.45, 7) is 0.619. The van der Waals surface area contributed by atoms with Crippen LogP contribution in [0.4, 0.5) is 0 Å². The Morgan fingerprint density at radius 3 is 2.89 bits per heavy atom. The number of aromatic nitrogens is 1. The van der Waals surface area contributed by atoms with Gasteiger partial charge in [0.25, 0.3) is 0 Å². The zero-order valence-corrected chi connectivity index (χ0v) is 15.1. The second-order valence-electron chi connectivity index (χ2n) is 7.91. The molecule has 0 radical (unpaired) electrons. The van der Waals surface area contributed by atoms with Gasteiger partial charge in [0.05, 0.1) is 12.0 Å². The quantitative estimate of drug-likeness (QED) is 0.908. The van der Waals surface area contributed by atoms with Gasteiger partial charge in [0, 0.05) is 30.8 Å². The molecule has 1 aromatic heterocycles. The maximum Gasteiger partial charge on any atom is 0.223 e. The summed E-state index contributed by atoms with van der Waals surface area (Å²) >= 11 is 0. The number of hydrogen-bond donors (Lipinski definition) is 1. The molecule has 1 amide bonds. The molecule has 5 rings (SSSR count). The SMILES string of the molecule is O=C1C[C@]2(CC[C@@H]3[C@@H](C(=O)NCCc4ccncc4)[C@H]32)Oc2ccccc21. The van der Waals surface area contributed by atoms with E-state index < -0.39 is 5.60 Å². The van der Waals surface area contributed by atoms with Crippen LogP contribution in [0.25, 0.3) is 0 Å². The van der Waals surface area contributed by atoms with E-state index in [0.717, 1.165) is 24.8 Å². The number of pyridine rings is 1. The normalized spacial score (nSPS) is 30.4. The Morgan fingerprint density at radius 1 is 1.22 bits per heavy atom. The lowest BCUT2D eigenvalue weighted by Gasteiger charge is -2.37. The van der Waals surface area contributed by atoms with E-state index in [1.165, 1.54) is 0 Å². The van der Waals surface area contributed by atoms with Gasteiger partial charge in [-0.25, -0.2) is 0 Å². The summed E-state index contributed by atoms with van der Waals surface area (Å²) < 4.78 is 6.35. The van der Waals surface area contributed by atoms with Gasteiger partial charge in [0.2, 0.25) is 5.91 Å². The van der Waals surface area contributed by atoms with Crippen LogP contribution in [-0.2, 0) is 11.2 Å². The molecule has 0 unspecified atom stereocenters. The van der Waals surface area contributed by atoms with Gasteiger partial charge >= 0.3 is 0 Å². The number of ketones is 1. The zero-order chi connectivity index (χ0) is 18.4. The van der Waals surface area contributed by atoms with E-state index in [1.807, 2.05) is 36.4 Å². The molecule has 138 valence electrons. The van der Waals surface area contributed by atoms with Crippen molar-refractivity contribution in [3.8, 4) is 5.75 Å². The van der Waals surface area contributed by atoms with E-state index >= 15 is 0 Å². The van der Waals surface area contributed by atoms with Gasteiger partial charge in [0.1, 0.15) is 11.4 Å². The third-order valence-corrected chi connectivity index (χ3v) is 6.40. The minimum Gasteiger partial charge on any atom is -0.486 e. The third kappa shape index (κ3) is 2.73. The topological polar surface area (TPSA) is 68.3 Å². The number of rotatable bonds is 4. The molecule has 5 heteroatoms. The zero-order valence-electron chi connectivity index (χ0n) is 15.1. The molecular weight excluding hydrogens is 340 g/mol. The lowest BCUT2D eigenvalue weighted by atomic mass is 9.84. The number of hydrogen-bond acceptors (Lipinski definition) is 4. The summed E-state index contributed by atoms with van der Waals surface area (Å²) in [5, 5.41) is 3.07. The molecule has 3 aliphatic rings. The molecule has 2 saturated carbocycles. The molecular formula is C22H22N2O3. The van der Waals surface area contributed by atoms with Crippen molar-refractivity contribution >= 4 is 11.7 Å². The lowest BCUT2D eigenvalue weighted by Crippen LogP contribution is -2.44. The largest absolute Gasteiger partial charge is 0.486 e. The Bertz CT molecular complexity index is 897. The summed E-state index contributed by atoms with van der Waals surface area (Å²) in [7, 11) is 0. The summed E-state index contributed by atoms with van der Waals surface area (Å²) in [6.07, 6.45) is 6.55. The Hall–Kier alpha value is -2.69. The van der Waals surface area contributed by atoms with Crippen molar-refractivity contribution in [1.29, 1.82) is 0 Å². The van der Waals surface area contributed by atoms with E-state index in [0.29, 0.717) is 30.2 Å². The fourth-order valence-corrected chi connectivity index (χ4v) is 5.12. The number of nitrogens with one attached hydrogen (secondary N) is 1. The molecule has 1 N–H and O–H groups in total. The molecule has 0 bridgehead atoms. The Morgan fingerprint density at radius 2 is 2.04 bits per heavy atom. The lowest BCUT2D eigenvalue weighted by molar-refractivity contribution is -0.124. The molecule has 0 saturated heterocycles. The van der Waals surface area contributed by atoms with Crippen molar-refractivity contribution in [3.63, 3.8) is 0 Å². The van der Waals surface area contributed by atoms with Crippen LogP contribution in [0.3, 0.4) is 0 Å². The van der Waals surface area contributed by atoms with Crippen molar-refractivity contribution in [3.05, 3.63) is 59.9 Å². The van der Waals surface area contributed by atoms with Crippen molar-refractivity contribution in [2.75, 3.05) is 6.54 Å². The molecule has 2 fully saturated rings. The Balaban J connectivity index is 1.25. The van der Waals surface area contributed by atoms with Crippen LogP contribution >= 0.6 is 0 Å². The maximum absolute atomic E-state index is 12.7. The molecule has 5 nitrogen and oxygen atoms in total. The molecule has 1 aromatic carbocycles. The fraction of sp³-hybridized carbons (Fsp3) is 0.409. The van der Waals surface area contributed by atoms with Gasteiger partial charge in [-0.1, -0.05) is 12.1 Å². The average Bonchev–Trinajstić information content (AvgIpc) is 3.34. The highest BCUT2D eigenvalue weighted by atomic mass is 16.5. The number of Topliss-reactive ketones (excluding diaryl/α,β-unsaturated/α-hetero) is 1. The standard InChI is InChI=1S/C22H22N2O3/c25-17-13-22(27-18-4-2-1-3-15(17)18)9-5-16-19(20(16)22)21(26)24-12-8-14-6-10-23-11-7-14/h1-4,6-7,10-11,16,19-20H,5,8-9,12-13H2,(H,24,26)/t16-,19-,20+,22+/m1/s1. The molecule has 1 aliphatic heterocycles. The minimum absolute atomic E-state index is 0.0192. The minimum atomic E-state index is -0.483. The second-order valence-corrected chi connectivity index (χ2v) is 7.91. The molecule has 1 spiro atoms. The van der Waals surface area contributed by atoms with Crippen LogP contribution in [0, 0.1) is 17.8 Å². The van der Waals surface area contributed by atoms with Gasteiger partial charge in [-0.3, -0.25) is 14.6 Å². The average molecular weight is 362 g/mol. The molecule has 4 atom stereocenters. The monoisotopic (exact) mass is 362 g/mol. The highest BCUT2D eigenvalue weighted by Gasteiger charge is 2.70. The number of benzene rings is 1. The predicted molar refractivity (Wildman–Crippen MR) is 99.4 cm³/mol. The van der Waals surface area contributed by atoms with Crippen molar-refractivity contribution in [1.82, 2.24) is 10.3 Å². The van der Waals surface area contributed by atoms with Gasteiger partial charge in [-0.2, -0.15) is 0 Å². The first-order chi connectivity index (χ1) is 13.2. The Labute approximate surface area is 158 Å². The van der Waals surface area contributed by atoms with Crippen LogP contribution in [0.15, 0.2) is 48.8 Å². The first-order valence-corrected chi connectivity index (χ1v) is 9.66. The van der Waals surface area contributed by atoms with Crippen LogP contribution in [0.5, 0.6) is 5.75 Å². The highest BCUT2D eigenvalue weighted by molar-refractivity contribution is 6.00. The fourth-order valence-electron chi connectivity index (χ4n) is 5.12. The van der Waals surface area contributed by atoms with Gasteiger partial charge in [0.15, 0.2) is 5.78 Å². The van der Waals surface area contributed by atoms with Crippen molar-refractivity contribution < 1.29 is 14.3 Å². The van der Waals surface area contributed by atoms with Gasteiger partial charge < -0.3 is 10.1 Å². The third-order valence-electron chi connectivity index (χ3n) is 6.40. The number of amides is 1. The van der Waals surface area contributed by atoms with Gasteiger partial charge in [-0.15, -0.1) is 0 Å². The van der Waals surface area contributed by atoms with E-state index in [-0.39, 0.29) is 23.5 Å². The number of carbonyl (C=O) groups is 2. The number of ether oxygens (including phenoxy) is 1. The van der Waals surface area contributed by atoms with E-state index in [2.05, 4.69) is 10.3 Å². The Kier molecular flexibility index (Phi) is 3.78. The predicted octanol–water partition coefficient (Wildman–Crippen LogP) is 2.80. The number of fused-ring (bicyclic) bond motifs is 3. The first-order valence-electron chi connectivity index (χ1n) is 9.66. The smallest absolute Gasteiger partial charge is 0.223 e. The molecule has 2 heterocycles. The van der Waals surface area contributed by atoms with Crippen molar-refractivity contribution in [2.45, 2.75) is 31.3 Å².